The molecule has 2 atom stereocenters. The summed E-state index contributed by atoms with van der Waals surface area (Å²) in [5.41, 5.74) is 2.32. The molecular weight excluding hydrogens is 224 g/mol. The molecule has 3 heteroatoms. The van der Waals surface area contributed by atoms with Crippen molar-refractivity contribution in [3.63, 3.8) is 0 Å². The molecule has 3 nitrogen and oxygen atoms in total. The molecule has 98 valence electrons. The summed E-state index contributed by atoms with van der Waals surface area (Å²) in [5.74, 6) is 0.808. The van der Waals surface area contributed by atoms with E-state index in [0.29, 0.717) is 6.42 Å². The van der Waals surface area contributed by atoms with Gasteiger partial charge in [0.25, 0.3) is 0 Å². The maximum absolute atomic E-state index is 8.98. The quantitative estimate of drug-likeness (QED) is 0.837. The molecule has 0 spiro atoms. The highest BCUT2D eigenvalue weighted by Crippen LogP contribution is 2.27. The number of aryl methyl sites for hydroxylation is 1. The highest BCUT2D eigenvalue weighted by Gasteiger charge is 2.14. The van der Waals surface area contributed by atoms with Crippen molar-refractivity contribution in [2.45, 2.75) is 46.3 Å². The summed E-state index contributed by atoms with van der Waals surface area (Å²) in [4.78, 5) is 0. The summed E-state index contributed by atoms with van der Waals surface area (Å²) < 4.78 is 5.77. The summed E-state index contributed by atoms with van der Waals surface area (Å²) >= 11 is 0. The van der Waals surface area contributed by atoms with E-state index in [1.807, 2.05) is 19.1 Å². The van der Waals surface area contributed by atoms with Gasteiger partial charge in [-0.1, -0.05) is 31.5 Å². The van der Waals surface area contributed by atoms with Gasteiger partial charge in [0, 0.05) is 11.6 Å². The lowest BCUT2D eigenvalue weighted by Gasteiger charge is -2.20. The van der Waals surface area contributed by atoms with Gasteiger partial charge in [-0.2, -0.15) is 5.26 Å². The first kappa shape index (κ1) is 14.5. The molecule has 2 unspecified atom stereocenters. The minimum Gasteiger partial charge on any atom is -0.475 e. The highest BCUT2D eigenvalue weighted by atomic mass is 16.5. The van der Waals surface area contributed by atoms with Crippen LogP contribution in [0.25, 0.3) is 0 Å². The number of nitrogens with zero attached hydrogens (tertiary/aromatic N) is 1. The second-order valence-electron chi connectivity index (χ2n) is 4.46. The van der Waals surface area contributed by atoms with Gasteiger partial charge in [0.05, 0.1) is 0 Å². The van der Waals surface area contributed by atoms with Gasteiger partial charge in [-0.3, -0.25) is 0 Å². The van der Waals surface area contributed by atoms with Crippen molar-refractivity contribution in [3.05, 3.63) is 29.3 Å². The van der Waals surface area contributed by atoms with Gasteiger partial charge in [0.15, 0.2) is 6.10 Å². The normalized spacial score (nSPS) is 13.7. The fourth-order valence-corrected chi connectivity index (χ4v) is 1.88. The van der Waals surface area contributed by atoms with Crippen LogP contribution in [-0.2, 0) is 0 Å². The first-order valence-electron chi connectivity index (χ1n) is 6.52. The topological polar surface area (TPSA) is 45.0 Å². The zero-order valence-corrected chi connectivity index (χ0v) is 11.7. The van der Waals surface area contributed by atoms with Crippen LogP contribution in [0.4, 0.5) is 0 Å². The van der Waals surface area contributed by atoms with E-state index in [-0.39, 0.29) is 12.1 Å². The smallest absolute Gasteiger partial charge is 0.184 e. The van der Waals surface area contributed by atoms with Crippen molar-refractivity contribution >= 4 is 0 Å². The van der Waals surface area contributed by atoms with Gasteiger partial charge in [-0.25, -0.2) is 0 Å². The van der Waals surface area contributed by atoms with Crippen molar-refractivity contribution in [3.8, 4) is 11.8 Å². The summed E-state index contributed by atoms with van der Waals surface area (Å²) in [7, 11) is 0. The molecule has 0 amide bonds. The van der Waals surface area contributed by atoms with Gasteiger partial charge >= 0.3 is 0 Å². The largest absolute Gasteiger partial charge is 0.475 e. The number of hydrogen-bond acceptors (Lipinski definition) is 3. The lowest BCUT2D eigenvalue weighted by Crippen LogP contribution is -2.20. The number of nitrogens with one attached hydrogen (secondary N) is 1. The van der Waals surface area contributed by atoms with Crippen molar-refractivity contribution in [1.29, 1.82) is 5.26 Å². The Labute approximate surface area is 110 Å². The molecule has 1 N–H and O–H groups in total. The van der Waals surface area contributed by atoms with E-state index < -0.39 is 0 Å². The molecule has 1 aromatic carbocycles. The first-order valence-corrected chi connectivity index (χ1v) is 6.52. The van der Waals surface area contributed by atoms with Crippen LogP contribution in [0, 0.1) is 18.3 Å². The maximum atomic E-state index is 8.98. The Morgan fingerprint density at radius 3 is 2.67 bits per heavy atom. The summed E-state index contributed by atoms with van der Waals surface area (Å²) in [6, 6.07) is 8.48. The predicted molar refractivity (Wildman–Crippen MR) is 73.6 cm³/mol. The summed E-state index contributed by atoms with van der Waals surface area (Å²) in [6.45, 7) is 9.11. The van der Waals surface area contributed by atoms with Gasteiger partial charge < -0.3 is 10.1 Å². The SMILES string of the molecule is CCNC(C)c1cc(C)ccc1OC(C#N)CC. The molecule has 0 saturated carbocycles. The van der Waals surface area contributed by atoms with E-state index in [4.69, 9.17) is 10.00 Å². The average molecular weight is 246 g/mol. The minimum atomic E-state index is -0.375. The Kier molecular flexibility index (Phi) is 5.67. The number of rotatable bonds is 6. The first-order chi connectivity index (χ1) is 8.62. The van der Waals surface area contributed by atoms with E-state index >= 15 is 0 Å². The molecule has 0 aliphatic rings. The van der Waals surface area contributed by atoms with Crippen LogP contribution in [0.2, 0.25) is 0 Å². The highest BCUT2D eigenvalue weighted by molar-refractivity contribution is 5.39. The number of nitriles is 1. The van der Waals surface area contributed by atoms with Gasteiger partial charge in [0.2, 0.25) is 0 Å². The molecular formula is C15H22N2O. The predicted octanol–water partition coefficient (Wildman–Crippen LogP) is 3.35. The summed E-state index contributed by atoms with van der Waals surface area (Å²) in [5, 5.41) is 12.4. The van der Waals surface area contributed by atoms with Crippen molar-refractivity contribution in [1.82, 2.24) is 5.32 Å². The fraction of sp³-hybridized carbons (Fsp3) is 0.533. The lowest BCUT2D eigenvalue weighted by molar-refractivity contribution is 0.247. The molecule has 0 bridgehead atoms. The third-order valence-corrected chi connectivity index (χ3v) is 2.93. The third kappa shape index (κ3) is 3.75. The van der Waals surface area contributed by atoms with Crippen molar-refractivity contribution in [2.24, 2.45) is 0 Å². The monoisotopic (exact) mass is 246 g/mol. The van der Waals surface area contributed by atoms with Crippen LogP contribution in [0.5, 0.6) is 5.75 Å². The van der Waals surface area contributed by atoms with E-state index in [1.54, 1.807) is 0 Å². The van der Waals surface area contributed by atoms with Crippen molar-refractivity contribution in [2.75, 3.05) is 6.54 Å². The van der Waals surface area contributed by atoms with Crippen molar-refractivity contribution < 1.29 is 4.74 Å². The second-order valence-corrected chi connectivity index (χ2v) is 4.46. The molecule has 18 heavy (non-hydrogen) atoms. The van der Waals surface area contributed by atoms with E-state index in [1.165, 1.54) is 5.56 Å². The molecule has 1 rings (SSSR count). The molecule has 0 heterocycles. The van der Waals surface area contributed by atoms with Gasteiger partial charge in [0.1, 0.15) is 11.8 Å². The Bertz CT molecular complexity index is 423. The second kappa shape index (κ2) is 7.03. The Hall–Kier alpha value is -1.53. The zero-order chi connectivity index (χ0) is 13.5. The fourth-order valence-electron chi connectivity index (χ4n) is 1.88. The van der Waals surface area contributed by atoms with Gasteiger partial charge in [-0.15, -0.1) is 0 Å². The average Bonchev–Trinajstić information content (AvgIpc) is 2.37. The lowest BCUT2D eigenvalue weighted by atomic mass is 10.0. The van der Waals surface area contributed by atoms with Gasteiger partial charge in [-0.05, 0) is 32.9 Å². The van der Waals surface area contributed by atoms with Crippen LogP contribution in [0.15, 0.2) is 18.2 Å². The minimum absolute atomic E-state index is 0.223. The molecule has 0 saturated heterocycles. The standard InChI is InChI=1S/C15H22N2O/c1-5-13(10-16)18-15-8-7-11(3)9-14(15)12(4)17-6-2/h7-9,12-13,17H,5-6H2,1-4H3. The molecule has 0 fully saturated rings. The van der Waals surface area contributed by atoms with Crippen LogP contribution in [0.3, 0.4) is 0 Å². The number of hydrogen-bond donors (Lipinski definition) is 1. The molecule has 0 aliphatic heterocycles. The van der Waals surface area contributed by atoms with E-state index in [9.17, 15) is 0 Å². The Morgan fingerprint density at radius 2 is 2.11 bits per heavy atom. The van der Waals surface area contributed by atoms with E-state index in [0.717, 1.165) is 17.9 Å². The maximum Gasteiger partial charge on any atom is 0.184 e. The summed E-state index contributed by atoms with van der Waals surface area (Å²) in [6.07, 6.45) is 0.319. The Balaban J connectivity index is 3.00. The molecule has 0 aromatic heterocycles. The van der Waals surface area contributed by atoms with Crippen LogP contribution in [-0.4, -0.2) is 12.6 Å². The third-order valence-electron chi connectivity index (χ3n) is 2.93. The number of benzene rings is 1. The number of ether oxygens (including phenoxy) is 1. The van der Waals surface area contributed by atoms with Crippen LogP contribution in [0.1, 0.15) is 44.4 Å². The van der Waals surface area contributed by atoms with Crippen LogP contribution >= 0.6 is 0 Å². The molecule has 1 aromatic rings. The van der Waals surface area contributed by atoms with E-state index in [2.05, 4.69) is 38.2 Å². The van der Waals surface area contributed by atoms with Crippen LogP contribution < -0.4 is 10.1 Å². The zero-order valence-electron chi connectivity index (χ0n) is 11.7. The molecule has 0 radical (unpaired) electrons. The Morgan fingerprint density at radius 1 is 1.39 bits per heavy atom. The molecule has 0 aliphatic carbocycles.